The van der Waals surface area contributed by atoms with Gasteiger partial charge >= 0.3 is 0 Å². The van der Waals surface area contributed by atoms with E-state index in [9.17, 15) is 4.79 Å². The fourth-order valence-corrected chi connectivity index (χ4v) is 5.28. The zero-order chi connectivity index (χ0) is 22.9. The molecule has 166 valence electrons. The van der Waals surface area contributed by atoms with Crippen molar-refractivity contribution in [2.24, 2.45) is 11.0 Å². The summed E-state index contributed by atoms with van der Waals surface area (Å²) in [7, 11) is 0. The molecule has 1 amide bonds. The highest BCUT2D eigenvalue weighted by atomic mass is 79.9. The molecule has 0 aromatic heterocycles. The molecular formula is C28H24Br2N2O. The molecule has 5 heteroatoms. The second-order valence-corrected chi connectivity index (χ2v) is 10.5. The van der Waals surface area contributed by atoms with Gasteiger partial charge in [-0.25, -0.2) is 5.01 Å². The largest absolute Gasteiger partial charge is 0.274 e. The number of fused-ring (bicyclic) bond motifs is 1. The third-order valence-corrected chi connectivity index (χ3v) is 7.49. The monoisotopic (exact) mass is 562 g/mol. The number of aryl methyl sites for hydroxylation is 1. The Morgan fingerprint density at radius 3 is 2.24 bits per heavy atom. The molecule has 0 saturated heterocycles. The van der Waals surface area contributed by atoms with Crippen molar-refractivity contribution in [3.63, 3.8) is 0 Å². The summed E-state index contributed by atoms with van der Waals surface area (Å²) in [6, 6.07) is 24.3. The van der Waals surface area contributed by atoms with Crippen LogP contribution in [0.2, 0.25) is 0 Å². The van der Waals surface area contributed by atoms with Crippen molar-refractivity contribution in [2.75, 3.05) is 0 Å². The van der Waals surface area contributed by atoms with E-state index in [1.807, 2.05) is 43.3 Å². The normalized spacial score (nSPS) is 21.1. The number of hydrogen-bond acceptors (Lipinski definition) is 2. The van der Waals surface area contributed by atoms with Crippen molar-refractivity contribution in [3.05, 3.63) is 110 Å². The van der Waals surface area contributed by atoms with Crippen LogP contribution in [0, 0.1) is 12.8 Å². The molecule has 2 unspecified atom stereocenters. The molecule has 33 heavy (non-hydrogen) atoms. The van der Waals surface area contributed by atoms with Crippen LogP contribution >= 0.6 is 31.9 Å². The molecule has 1 aliphatic carbocycles. The van der Waals surface area contributed by atoms with Crippen LogP contribution in [0.5, 0.6) is 0 Å². The van der Waals surface area contributed by atoms with Gasteiger partial charge in [0.1, 0.15) is 0 Å². The number of carbonyl (C=O) groups is 1. The standard InChI is InChI=1S/C28H24Br2N2O/c1-18-5-9-21(10-6-18)28(33)32-27(20-11-15-24(30)16-12-20)25-4-2-3-22(26(25)31-32)17-19-7-13-23(29)14-8-19/h5-17,25,27H,2-4H2,1H3. The number of benzene rings is 3. The van der Waals surface area contributed by atoms with E-state index in [0.717, 1.165) is 50.6 Å². The van der Waals surface area contributed by atoms with Gasteiger partial charge in [0, 0.05) is 20.4 Å². The maximum Gasteiger partial charge on any atom is 0.274 e. The Hall–Kier alpha value is -2.50. The van der Waals surface area contributed by atoms with Crippen molar-refractivity contribution in [2.45, 2.75) is 32.2 Å². The summed E-state index contributed by atoms with van der Waals surface area (Å²) in [5.41, 5.74) is 6.36. The fourth-order valence-electron chi connectivity index (χ4n) is 4.75. The number of carbonyl (C=O) groups excluding carboxylic acids is 1. The lowest BCUT2D eigenvalue weighted by molar-refractivity contribution is 0.0681. The first-order chi connectivity index (χ1) is 16.0. The summed E-state index contributed by atoms with van der Waals surface area (Å²) in [6.45, 7) is 2.03. The molecule has 2 atom stereocenters. The predicted molar refractivity (Wildman–Crippen MR) is 141 cm³/mol. The molecule has 0 radical (unpaired) electrons. The van der Waals surface area contributed by atoms with Gasteiger partial charge in [-0.2, -0.15) is 5.10 Å². The van der Waals surface area contributed by atoms with Crippen molar-refractivity contribution >= 4 is 49.6 Å². The van der Waals surface area contributed by atoms with E-state index >= 15 is 0 Å². The van der Waals surface area contributed by atoms with E-state index in [-0.39, 0.29) is 17.9 Å². The second-order valence-electron chi connectivity index (χ2n) is 8.72. The van der Waals surface area contributed by atoms with Crippen LogP contribution in [0.1, 0.15) is 52.4 Å². The Bertz CT molecular complexity index is 1230. The van der Waals surface area contributed by atoms with E-state index in [1.165, 1.54) is 5.57 Å². The molecule has 5 rings (SSSR count). The predicted octanol–water partition coefficient (Wildman–Crippen LogP) is 7.96. The second kappa shape index (κ2) is 9.40. The van der Waals surface area contributed by atoms with Crippen molar-refractivity contribution in [3.8, 4) is 0 Å². The van der Waals surface area contributed by atoms with E-state index in [1.54, 1.807) is 5.01 Å². The summed E-state index contributed by atoms with van der Waals surface area (Å²) in [5, 5.41) is 6.73. The molecule has 0 bridgehead atoms. The zero-order valence-electron chi connectivity index (χ0n) is 18.3. The molecule has 2 aliphatic rings. The van der Waals surface area contributed by atoms with Crippen molar-refractivity contribution in [1.82, 2.24) is 5.01 Å². The number of nitrogens with zero attached hydrogens (tertiary/aromatic N) is 2. The Labute approximate surface area is 211 Å². The van der Waals surface area contributed by atoms with Gasteiger partial charge in [0.25, 0.3) is 5.91 Å². The number of amides is 1. The first-order valence-corrected chi connectivity index (χ1v) is 12.8. The van der Waals surface area contributed by atoms with Gasteiger partial charge in [0.15, 0.2) is 0 Å². The van der Waals surface area contributed by atoms with Crippen LogP contribution in [-0.2, 0) is 0 Å². The van der Waals surface area contributed by atoms with Crippen LogP contribution in [-0.4, -0.2) is 16.6 Å². The molecule has 1 fully saturated rings. The number of hydrogen-bond donors (Lipinski definition) is 0. The van der Waals surface area contributed by atoms with Gasteiger partial charge in [-0.05, 0) is 85.4 Å². The van der Waals surface area contributed by atoms with Crippen LogP contribution in [0.15, 0.2) is 92.4 Å². The summed E-state index contributed by atoms with van der Waals surface area (Å²) in [5.74, 6) is 0.142. The van der Waals surface area contributed by atoms with Gasteiger partial charge in [-0.1, -0.05) is 73.8 Å². The highest BCUT2D eigenvalue weighted by molar-refractivity contribution is 9.10. The summed E-state index contributed by atoms with van der Waals surface area (Å²) in [4.78, 5) is 13.6. The Morgan fingerprint density at radius 1 is 0.939 bits per heavy atom. The lowest BCUT2D eigenvalue weighted by Gasteiger charge is -2.29. The maximum atomic E-state index is 13.6. The Kier molecular flexibility index (Phi) is 6.35. The molecule has 1 heterocycles. The van der Waals surface area contributed by atoms with Crippen LogP contribution in [0.25, 0.3) is 6.08 Å². The minimum Gasteiger partial charge on any atom is -0.267 e. The maximum absolute atomic E-state index is 13.6. The van der Waals surface area contributed by atoms with E-state index in [0.29, 0.717) is 5.56 Å². The SMILES string of the molecule is Cc1ccc(C(=O)N2N=C3C(=Cc4ccc(Br)cc4)CCCC3C2c2ccc(Br)cc2)cc1. The van der Waals surface area contributed by atoms with Crippen molar-refractivity contribution < 1.29 is 4.79 Å². The average Bonchev–Trinajstić information content (AvgIpc) is 3.22. The first-order valence-electron chi connectivity index (χ1n) is 11.2. The fraction of sp³-hybridized carbons (Fsp3) is 0.214. The van der Waals surface area contributed by atoms with Gasteiger partial charge < -0.3 is 0 Å². The van der Waals surface area contributed by atoms with Gasteiger partial charge in [-0.15, -0.1) is 0 Å². The highest BCUT2D eigenvalue weighted by Crippen LogP contribution is 2.45. The van der Waals surface area contributed by atoms with Crippen LogP contribution < -0.4 is 0 Å². The van der Waals surface area contributed by atoms with Gasteiger partial charge in [0.2, 0.25) is 0 Å². The molecule has 1 saturated carbocycles. The topological polar surface area (TPSA) is 32.7 Å². The smallest absolute Gasteiger partial charge is 0.267 e. The molecule has 1 aliphatic heterocycles. The van der Waals surface area contributed by atoms with Gasteiger partial charge in [0.05, 0.1) is 11.8 Å². The van der Waals surface area contributed by atoms with Crippen LogP contribution in [0.4, 0.5) is 0 Å². The number of hydrazone groups is 1. The minimum atomic E-state index is -0.101. The summed E-state index contributed by atoms with van der Waals surface area (Å²) in [6.07, 6.45) is 5.32. The van der Waals surface area contributed by atoms with E-state index < -0.39 is 0 Å². The number of allylic oxidation sites excluding steroid dienone is 1. The van der Waals surface area contributed by atoms with Crippen molar-refractivity contribution in [1.29, 1.82) is 0 Å². The average molecular weight is 564 g/mol. The van der Waals surface area contributed by atoms with E-state index in [4.69, 9.17) is 5.10 Å². The summed E-state index contributed by atoms with van der Waals surface area (Å²) >= 11 is 7.05. The summed E-state index contributed by atoms with van der Waals surface area (Å²) < 4.78 is 2.09. The molecule has 0 spiro atoms. The molecular weight excluding hydrogens is 540 g/mol. The highest BCUT2D eigenvalue weighted by Gasteiger charge is 2.43. The number of rotatable bonds is 3. The third-order valence-electron chi connectivity index (χ3n) is 6.43. The third kappa shape index (κ3) is 4.62. The minimum absolute atomic E-state index is 0.0483. The molecule has 0 N–H and O–H groups in total. The van der Waals surface area contributed by atoms with Crippen LogP contribution in [0.3, 0.4) is 0 Å². The zero-order valence-corrected chi connectivity index (χ0v) is 21.5. The number of halogens is 2. The lowest BCUT2D eigenvalue weighted by atomic mass is 9.77. The lowest BCUT2D eigenvalue weighted by Crippen LogP contribution is -2.31. The first kappa shape index (κ1) is 22.3. The molecule has 3 aromatic carbocycles. The molecule has 3 aromatic rings. The molecule has 3 nitrogen and oxygen atoms in total. The van der Waals surface area contributed by atoms with E-state index in [2.05, 4.69) is 74.3 Å². The quantitative estimate of drug-likeness (QED) is 0.318. The Morgan fingerprint density at radius 2 is 1.58 bits per heavy atom. The Balaban J connectivity index is 1.57. The van der Waals surface area contributed by atoms with Gasteiger partial charge in [-0.3, -0.25) is 4.79 Å².